The molecule has 0 aliphatic rings. The van der Waals surface area contributed by atoms with Crippen LogP contribution in [0, 0.1) is 5.82 Å². The zero-order chi connectivity index (χ0) is 19.5. The number of benzene rings is 1. The summed E-state index contributed by atoms with van der Waals surface area (Å²) >= 11 is 0. The Labute approximate surface area is 156 Å². The van der Waals surface area contributed by atoms with Crippen LogP contribution in [0.3, 0.4) is 0 Å². The second-order valence-corrected chi connectivity index (χ2v) is 5.56. The molecule has 0 aliphatic carbocycles. The average molecular weight is 375 g/mol. The van der Waals surface area contributed by atoms with E-state index in [4.69, 9.17) is 4.74 Å². The average Bonchev–Trinajstić information content (AvgIpc) is 2.69. The van der Waals surface area contributed by atoms with Gasteiger partial charge in [0.2, 0.25) is 0 Å². The molecule has 0 radical (unpaired) electrons. The molecule has 0 saturated heterocycles. The SMILES string of the molecule is COCCNCCNC(=O)c1nccnc1C(=O)NCc1ccc(F)cc1. The Kier molecular flexibility index (Phi) is 8.27. The number of nitrogens with zero attached hydrogens (tertiary/aromatic N) is 2. The lowest BCUT2D eigenvalue weighted by Crippen LogP contribution is -2.35. The van der Waals surface area contributed by atoms with Crippen molar-refractivity contribution in [1.29, 1.82) is 0 Å². The third-order valence-electron chi connectivity index (χ3n) is 3.57. The third kappa shape index (κ3) is 6.72. The predicted octanol–water partition coefficient (Wildman–Crippen LogP) is 0.512. The van der Waals surface area contributed by atoms with Gasteiger partial charge in [-0.1, -0.05) is 12.1 Å². The Morgan fingerprint density at radius 1 is 0.963 bits per heavy atom. The Balaban J connectivity index is 1.90. The highest BCUT2D eigenvalue weighted by Crippen LogP contribution is 2.05. The molecule has 2 rings (SSSR count). The van der Waals surface area contributed by atoms with E-state index < -0.39 is 11.8 Å². The third-order valence-corrected chi connectivity index (χ3v) is 3.57. The summed E-state index contributed by atoms with van der Waals surface area (Å²) in [6, 6.07) is 5.75. The van der Waals surface area contributed by atoms with E-state index in [1.165, 1.54) is 24.5 Å². The fourth-order valence-corrected chi connectivity index (χ4v) is 2.19. The number of ether oxygens (including phenoxy) is 1. The van der Waals surface area contributed by atoms with Gasteiger partial charge in [0.05, 0.1) is 6.61 Å². The van der Waals surface area contributed by atoms with E-state index in [-0.39, 0.29) is 23.7 Å². The van der Waals surface area contributed by atoms with Gasteiger partial charge in [-0.15, -0.1) is 0 Å². The van der Waals surface area contributed by atoms with Crippen LogP contribution >= 0.6 is 0 Å². The molecule has 3 N–H and O–H groups in total. The summed E-state index contributed by atoms with van der Waals surface area (Å²) < 4.78 is 17.8. The first-order valence-corrected chi connectivity index (χ1v) is 8.43. The molecule has 8 nitrogen and oxygen atoms in total. The van der Waals surface area contributed by atoms with Crippen LogP contribution in [0.1, 0.15) is 26.5 Å². The van der Waals surface area contributed by atoms with Gasteiger partial charge in [-0.05, 0) is 17.7 Å². The summed E-state index contributed by atoms with van der Waals surface area (Å²) in [5.74, 6) is -1.37. The second kappa shape index (κ2) is 10.9. The Morgan fingerprint density at radius 2 is 1.59 bits per heavy atom. The molecule has 0 fully saturated rings. The van der Waals surface area contributed by atoms with Crippen molar-refractivity contribution in [3.63, 3.8) is 0 Å². The van der Waals surface area contributed by atoms with Crippen molar-refractivity contribution in [2.24, 2.45) is 0 Å². The monoisotopic (exact) mass is 375 g/mol. The van der Waals surface area contributed by atoms with Crippen LogP contribution in [0.25, 0.3) is 0 Å². The van der Waals surface area contributed by atoms with Crippen molar-refractivity contribution in [3.8, 4) is 0 Å². The Bertz CT molecular complexity index is 755. The van der Waals surface area contributed by atoms with Gasteiger partial charge < -0.3 is 20.7 Å². The minimum absolute atomic E-state index is 0.0500. The summed E-state index contributed by atoms with van der Waals surface area (Å²) in [5, 5.41) is 8.43. The van der Waals surface area contributed by atoms with Gasteiger partial charge in [0, 0.05) is 45.7 Å². The van der Waals surface area contributed by atoms with Crippen molar-refractivity contribution >= 4 is 11.8 Å². The highest BCUT2D eigenvalue weighted by atomic mass is 19.1. The number of methoxy groups -OCH3 is 1. The van der Waals surface area contributed by atoms with E-state index in [1.807, 2.05) is 0 Å². The molecule has 0 aliphatic heterocycles. The van der Waals surface area contributed by atoms with Gasteiger partial charge in [-0.25, -0.2) is 14.4 Å². The maximum absolute atomic E-state index is 12.9. The smallest absolute Gasteiger partial charge is 0.272 e. The summed E-state index contributed by atoms with van der Waals surface area (Å²) in [6.45, 7) is 2.36. The number of carbonyl (C=O) groups excluding carboxylic acids is 2. The number of amides is 2. The van der Waals surface area contributed by atoms with Gasteiger partial charge in [0.1, 0.15) is 5.82 Å². The maximum Gasteiger partial charge on any atom is 0.272 e. The van der Waals surface area contributed by atoms with Crippen LogP contribution in [0.4, 0.5) is 4.39 Å². The zero-order valence-corrected chi connectivity index (χ0v) is 15.0. The van der Waals surface area contributed by atoms with Gasteiger partial charge in [-0.3, -0.25) is 9.59 Å². The van der Waals surface area contributed by atoms with Crippen LogP contribution in [0.15, 0.2) is 36.7 Å². The van der Waals surface area contributed by atoms with Crippen LogP contribution in [0.5, 0.6) is 0 Å². The molecule has 1 aromatic carbocycles. The van der Waals surface area contributed by atoms with Crippen LogP contribution in [-0.4, -0.2) is 55.1 Å². The minimum atomic E-state index is -0.532. The number of halogens is 1. The normalized spacial score (nSPS) is 10.4. The van der Waals surface area contributed by atoms with E-state index in [0.717, 1.165) is 5.56 Å². The van der Waals surface area contributed by atoms with Crippen LogP contribution in [0.2, 0.25) is 0 Å². The molecule has 0 saturated carbocycles. The number of hydrogen-bond donors (Lipinski definition) is 3. The lowest BCUT2D eigenvalue weighted by molar-refractivity contribution is 0.0910. The van der Waals surface area contributed by atoms with Crippen molar-refractivity contribution in [2.75, 3.05) is 33.4 Å². The van der Waals surface area contributed by atoms with Crippen molar-refractivity contribution in [3.05, 3.63) is 59.4 Å². The standard InChI is InChI=1S/C18H22FN5O3/c1-27-11-10-20-6-7-23-17(25)15-16(22-9-8-21-15)18(26)24-12-13-2-4-14(19)5-3-13/h2-5,8-9,20H,6-7,10-12H2,1H3,(H,23,25)(H,24,26). The summed E-state index contributed by atoms with van der Waals surface area (Å²) in [7, 11) is 1.61. The highest BCUT2D eigenvalue weighted by Gasteiger charge is 2.19. The molecule has 27 heavy (non-hydrogen) atoms. The first-order chi connectivity index (χ1) is 13.1. The molecule has 1 aromatic heterocycles. The molecule has 2 amide bonds. The zero-order valence-electron chi connectivity index (χ0n) is 15.0. The number of carbonyl (C=O) groups is 2. The summed E-state index contributed by atoms with van der Waals surface area (Å²) in [4.78, 5) is 32.6. The largest absolute Gasteiger partial charge is 0.383 e. The van der Waals surface area contributed by atoms with E-state index in [0.29, 0.717) is 26.2 Å². The molecular weight excluding hydrogens is 353 g/mol. The number of hydrogen-bond acceptors (Lipinski definition) is 6. The Morgan fingerprint density at radius 3 is 2.22 bits per heavy atom. The van der Waals surface area contributed by atoms with Gasteiger partial charge in [0.25, 0.3) is 11.8 Å². The molecule has 0 atom stereocenters. The topological polar surface area (TPSA) is 105 Å². The van der Waals surface area contributed by atoms with Crippen LogP contribution < -0.4 is 16.0 Å². The number of aromatic nitrogens is 2. The van der Waals surface area contributed by atoms with E-state index in [2.05, 4.69) is 25.9 Å². The number of nitrogens with one attached hydrogen (secondary N) is 3. The first kappa shape index (κ1) is 20.4. The van der Waals surface area contributed by atoms with Crippen molar-refractivity contribution in [2.45, 2.75) is 6.54 Å². The lowest BCUT2D eigenvalue weighted by atomic mass is 10.2. The minimum Gasteiger partial charge on any atom is -0.383 e. The quantitative estimate of drug-likeness (QED) is 0.523. The number of rotatable bonds is 10. The predicted molar refractivity (Wildman–Crippen MR) is 96.7 cm³/mol. The first-order valence-electron chi connectivity index (χ1n) is 8.43. The van der Waals surface area contributed by atoms with Gasteiger partial charge in [0.15, 0.2) is 11.4 Å². The molecule has 1 heterocycles. The molecule has 0 bridgehead atoms. The molecule has 144 valence electrons. The summed E-state index contributed by atoms with van der Waals surface area (Å²) in [5.41, 5.74) is 0.609. The highest BCUT2D eigenvalue weighted by molar-refractivity contribution is 6.04. The fraction of sp³-hybridized carbons (Fsp3) is 0.333. The maximum atomic E-state index is 12.9. The van der Waals surface area contributed by atoms with Gasteiger partial charge >= 0.3 is 0 Å². The van der Waals surface area contributed by atoms with Crippen molar-refractivity contribution in [1.82, 2.24) is 25.9 Å². The molecule has 2 aromatic rings. The molecule has 0 unspecified atom stereocenters. The fourth-order valence-electron chi connectivity index (χ4n) is 2.19. The lowest BCUT2D eigenvalue weighted by Gasteiger charge is -2.09. The van der Waals surface area contributed by atoms with E-state index in [9.17, 15) is 14.0 Å². The second-order valence-electron chi connectivity index (χ2n) is 5.56. The van der Waals surface area contributed by atoms with E-state index in [1.54, 1.807) is 19.2 Å². The Hall–Kier alpha value is -2.91. The molecule has 0 spiro atoms. The van der Waals surface area contributed by atoms with Crippen molar-refractivity contribution < 1.29 is 18.7 Å². The summed E-state index contributed by atoms with van der Waals surface area (Å²) in [6.07, 6.45) is 2.69. The van der Waals surface area contributed by atoms with E-state index >= 15 is 0 Å². The molecular formula is C18H22FN5O3. The molecule has 9 heteroatoms. The van der Waals surface area contributed by atoms with Gasteiger partial charge in [-0.2, -0.15) is 0 Å². The van der Waals surface area contributed by atoms with Crippen LogP contribution in [-0.2, 0) is 11.3 Å².